The van der Waals surface area contributed by atoms with Crippen LogP contribution in [0.2, 0.25) is 0 Å². The van der Waals surface area contributed by atoms with Gasteiger partial charge in [-0.15, -0.1) is 0 Å². The number of benzene rings is 1. The summed E-state index contributed by atoms with van der Waals surface area (Å²) in [4.78, 5) is 11.6. The first kappa shape index (κ1) is 13.5. The summed E-state index contributed by atoms with van der Waals surface area (Å²) in [7, 11) is 0. The summed E-state index contributed by atoms with van der Waals surface area (Å²) in [6.45, 7) is 6.22. The van der Waals surface area contributed by atoms with Gasteiger partial charge in [0, 0.05) is 6.54 Å². The molecule has 1 rings (SSSR count). The first-order valence-electron chi connectivity index (χ1n) is 5.85. The zero-order valence-electron chi connectivity index (χ0n) is 10.5. The molecule has 3 nitrogen and oxygen atoms in total. The van der Waals surface area contributed by atoms with E-state index < -0.39 is 6.04 Å². The third-order valence-electron chi connectivity index (χ3n) is 2.44. The predicted molar refractivity (Wildman–Crippen MR) is 67.5 cm³/mol. The first-order chi connectivity index (χ1) is 8.04. The zero-order valence-corrected chi connectivity index (χ0v) is 10.5. The minimum absolute atomic E-state index is 0.118. The zero-order chi connectivity index (χ0) is 12.8. The lowest BCUT2D eigenvalue weighted by Crippen LogP contribution is -2.38. The molecule has 94 valence electrons. The van der Waals surface area contributed by atoms with Gasteiger partial charge in [0.15, 0.2) is 0 Å². The Balaban J connectivity index is 2.64. The van der Waals surface area contributed by atoms with Crippen molar-refractivity contribution in [3.8, 4) is 0 Å². The van der Waals surface area contributed by atoms with Crippen molar-refractivity contribution < 1.29 is 9.18 Å². The number of nitrogens with one attached hydrogen (secondary N) is 2. The van der Waals surface area contributed by atoms with E-state index >= 15 is 0 Å². The fourth-order valence-corrected chi connectivity index (χ4v) is 1.45. The highest BCUT2D eigenvalue weighted by Gasteiger charge is 2.13. The van der Waals surface area contributed by atoms with Crippen LogP contribution in [-0.4, -0.2) is 18.5 Å². The Hall–Kier alpha value is -1.58. The monoisotopic (exact) mass is 238 g/mol. The summed E-state index contributed by atoms with van der Waals surface area (Å²) in [5.41, 5.74) is 1.32. The van der Waals surface area contributed by atoms with Crippen molar-refractivity contribution in [3.05, 3.63) is 29.6 Å². The Morgan fingerprint density at radius 3 is 2.82 bits per heavy atom. The van der Waals surface area contributed by atoms with E-state index in [0.29, 0.717) is 12.2 Å². The van der Waals surface area contributed by atoms with E-state index in [1.165, 1.54) is 6.07 Å². The number of rotatable bonds is 5. The van der Waals surface area contributed by atoms with Crippen molar-refractivity contribution >= 4 is 11.6 Å². The summed E-state index contributed by atoms with van der Waals surface area (Å²) in [5.74, 6) is -0.460. The number of carbonyl (C=O) groups is 1. The fourth-order valence-electron chi connectivity index (χ4n) is 1.45. The maximum atomic E-state index is 13.5. The molecule has 0 aromatic heterocycles. The summed E-state index contributed by atoms with van der Waals surface area (Å²) in [5, 5.41) is 5.64. The normalized spacial score (nSPS) is 12.0. The molecule has 0 aliphatic rings. The van der Waals surface area contributed by atoms with Gasteiger partial charge < -0.3 is 10.6 Å². The molecule has 1 aromatic rings. The lowest BCUT2D eigenvalue weighted by Gasteiger charge is -2.15. The van der Waals surface area contributed by atoms with Crippen LogP contribution in [0.4, 0.5) is 10.1 Å². The van der Waals surface area contributed by atoms with Crippen molar-refractivity contribution in [2.75, 3.05) is 11.9 Å². The lowest BCUT2D eigenvalue weighted by atomic mass is 10.2. The standard InChI is InChI=1S/C13H19FN2O/c1-4-7-15-13(17)10(3)16-12-8-9(2)5-6-11(12)14/h5-6,8,10,16H,4,7H2,1-3H3,(H,15,17). The van der Waals surface area contributed by atoms with Gasteiger partial charge in [-0.1, -0.05) is 13.0 Å². The number of amides is 1. The molecule has 0 saturated heterocycles. The number of halogens is 1. The van der Waals surface area contributed by atoms with Crippen molar-refractivity contribution in [1.29, 1.82) is 0 Å². The second-order valence-electron chi connectivity index (χ2n) is 4.14. The Kier molecular flexibility index (Phi) is 4.94. The van der Waals surface area contributed by atoms with Crippen LogP contribution >= 0.6 is 0 Å². The molecule has 1 unspecified atom stereocenters. The van der Waals surface area contributed by atoms with Crippen molar-refractivity contribution in [3.63, 3.8) is 0 Å². The first-order valence-corrected chi connectivity index (χ1v) is 5.85. The molecule has 0 fully saturated rings. The average Bonchev–Trinajstić information content (AvgIpc) is 2.30. The second kappa shape index (κ2) is 6.23. The molecule has 4 heteroatoms. The highest BCUT2D eigenvalue weighted by Crippen LogP contribution is 2.16. The predicted octanol–water partition coefficient (Wildman–Crippen LogP) is 2.46. The van der Waals surface area contributed by atoms with E-state index in [1.54, 1.807) is 19.1 Å². The molecule has 0 radical (unpaired) electrons. The molecule has 0 spiro atoms. The summed E-state index contributed by atoms with van der Waals surface area (Å²) in [6.07, 6.45) is 0.886. The molecule has 2 N–H and O–H groups in total. The SMILES string of the molecule is CCCNC(=O)C(C)Nc1cc(C)ccc1F. The van der Waals surface area contributed by atoms with Crippen LogP contribution in [0.5, 0.6) is 0 Å². The Labute approximate surface area is 101 Å². The molecule has 0 aliphatic heterocycles. The van der Waals surface area contributed by atoms with Crippen LogP contribution in [-0.2, 0) is 4.79 Å². The van der Waals surface area contributed by atoms with Crippen LogP contribution in [0, 0.1) is 12.7 Å². The highest BCUT2D eigenvalue weighted by molar-refractivity contribution is 5.84. The van der Waals surface area contributed by atoms with E-state index in [0.717, 1.165) is 12.0 Å². The van der Waals surface area contributed by atoms with Gasteiger partial charge in [0.25, 0.3) is 0 Å². The second-order valence-corrected chi connectivity index (χ2v) is 4.14. The fraction of sp³-hybridized carbons (Fsp3) is 0.462. The Morgan fingerprint density at radius 1 is 1.47 bits per heavy atom. The highest BCUT2D eigenvalue weighted by atomic mass is 19.1. The van der Waals surface area contributed by atoms with Gasteiger partial charge in [-0.25, -0.2) is 4.39 Å². The van der Waals surface area contributed by atoms with Crippen LogP contribution < -0.4 is 10.6 Å². The van der Waals surface area contributed by atoms with Crippen LogP contribution in [0.3, 0.4) is 0 Å². The molecule has 0 aliphatic carbocycles. The number of hydrogen-bond donors (Lipinski definition) is 2. The molecule has 1 aromatic carbocycles. The molecule has 17 heavy (non-hydrogen) atoms. The quantitative estimate of drug-likeness (QED) is 0.827. The van der Waals surface area contributed by atoms with Crippen molar-refractivity contribution in [2.45, 2.75) is 33.2 Å². The largest absolute Gasteiger partial charge is 0.372 e. The van der Waals surface area contributed by atoms with Gasteiger partial charge in [0.1, 0.15) is 11.9 Å². The topological polar surface area (TPSA) is 41.1 Å². The van der Waals surface area contributed by atoms with E-state index in [1.807, 2.05) is 13.8 Å². The molecular formula is C13H19FN2O. The van der Waals surface area contributed by atoms with Crippen molar-refractivity contribution in [2.24, 2.45) is 0 Å². The number of carbonyl (C=O) groups excluding carboxylic acids is 1. The summed E-state index contributed by atoms with van der Waals surface area (Å²) >= 11 is 0. The maximum Gasteiger partial charge on any atom is 0.242 e. The van der Waals surface area contributed by atoms with Gasteiger partial charge in [-0.05, 0) is 38.0 Å². The Bertz CT molecular complexity index is 393. The lowest BCUT2D eigenvalue weighted by molar-refractivity contribution is -0.121. The van der Waals surface area contributed by atoms with Gasteiger partial charge in [-0.2, -0.15) is 0 Å². The van der Waals surface area contributed by atoms with E-state index in [9.17, 15) is 9.18 Å². The van der Waals surface area contributed by atoms with Gasteiger partial charge in [0.2, 0.25) is 5.91 Å². The third kappa shape index (κ3) is 4.06. The van der Waals surface area contributed by atoms with Gasteiger partial charge in [0.05, 0.1) is 5.69 Å². The van der Waals surface area contributed by atoms with E-state index in [-0.39, 0.29) is 11.7 Å². The minimum atomic E-state index is -0.446. The number of anilines is 1. The van der Waals surface area contributed by atoms with Crippen LogP contribution in [0.1, 0.15) is 25.8 Å². The smallest absolute Gasteiger partial charge is 0.242 e. The van der Waals surface area contributed by atoms with E-state index in [2.05, 4.69) is 10.6 Å². The number of aryl methyl sites for hydroxylation is 1. The molecule has 1 amide bonds. The van der Waals surface area contributed by atoms with Crippen molar-refractivity contribution in [1.82, 2.24) is 5.32 Å². The minimum Gasteiger partial charge on any atom is -0.372 e. The van der Waals surface area contributed by atoms with Crippen LogP contribution in [0.25, 0.3) is 0 Å². The summed E-state index contributed by atoms with van der Waals surface area (Å²) < 4.78 is 13.5. The molecule has 0 heterocycles. The van der Waals surface area contributed by atoms with E-state index in [4.69, 9.17) is 0 Å². The molecule has 0 bridgehead atoms. The number of hydrogen-bond acceptors (Lipinski definition) is 2. The molecule has 1 atom stereocenters. The van der Waals surface area contributed by atoms with Crippen LogP contribution in [0.15, 0.2) is 18.2 Å². The maximum absolute atomic E-state index is 13.5. The molecule has 0 saturated carbocycles. The third-order valence-corrected chi connectivity index (χ3v) is 2.44. The molecular weight excluding hydrogens is 219 g/mol. The summed E-state index contributed by atoms with van der Waals surface area (Å²) in [6, 6.07) is 4.34. The average molecular weight is 238 g/mol. The van der Waals surface area contributed by atoms with Gasteiger partial charge in [-0.3, -0.25) is 4.79 Å². The van der Waals surface area contributed by atoms with Gasteiger partial charge >= 0.3 is 0 Å². The Morgan fingerprint density at radius 2 is 2.18 bits per heavy atom.